The zero-order valence-electron chi connectivity index (χ0n) is 10.5. The van der Waals surface area contributed by atoms with E-state index in [1.165, 1.54) is 0 Å². The molecule has 0 fully saturated rings. The lowest BCUT2D eigenvalue weighted by Crippen LogP contribution is -1.98. The summed E-state index contributed by atoms with van der Waals surface area (Å²) >= 11 is 0. The molecule has 94 valence electrons. The maximum Gasteiger partial charge on any atom is 0.118 e. The Morgan fingerprint density at radius 2 is 1.84 bits per heavy atom. The molecular weight excluding hydrogens is 238 g/mol. The summed E-state index contributed by atoms with van der Waals surface area (Å²) in [5.74, 6) is 0.294. The Labute approximate surface area is 111 Å². The predicted molar refractivity (Wildman–Crippen MR) is 73.2 cm³/mol. The zero-order chi connectivity index (χ0) is 13.2. The number of benzene rings is 2. The van der Waals surface area contributed by atoms with E-state index in [1.807, 2.05) is 49.4 Å². The van der Waals surface area contributed by atoms with Crippen molar-refractivity contribution in [2.45, 2.75) is 6.92 Å². The van der Waals surface area contributed by atoms with Gasteiger partial charge < -0.3 is 5.11 Å². The Morgan fingerprint density at radius 3 is 2.58 bits per heavy atom. The average Bonchev–Trinajstić information content (AvgIpc) is 2.92. The molecule has 0 saturated carbocycles. The quantitative estimate of drug-likeness (QED) is 0.761. The van der Waals surface area contributed by atoms with Gasteiger partial charge in [-0.05, 0) is 42.8 Å². The van der Waals surface area contributed by atoms with Gasteiger partial charge in [0.15, 0.2) is 0 Å². The van der Waals surface area contributed by atoms with E-state index in [-0.39, 0.29) is 0 Å². The Kier molecular flexibility index (Phi) is 2.76. The van der Waals surface area contributed by atoms with Gasteiger partial charge in [0.1, 0.15) is 5.75 Å². The summed E-state index contributed by atoms with van der Waals surface area (Å²) in [5.41, 5.74) is 3.66. The number of aromatic nitrogens is 3. The number of para-hydroxylation sites is 1. The molecule has 3 rings (SSSR count). The zero-order valence-corrected chi connectivity index (χ0v) is 10.5. The van der Waals surface area contributed by atoms with Gasteiger partial charge in [-0.1, -0.05) is 23.4 Å². The molecule has 3 aromatic rings. The minimum absolute atomic E-state index is 0.294. The number of nitrogens with zero attached hydrogens (tertiary/aromatic N) is 3. The van der Waals surface area contributed by atoms with Gasteiger partial charge in [-0.3, -0.25) is 0 Å². The third kappa shape index (κ3) is 2.08. The van der Waals surface area contributed by atoms with Crippen LogP contribution in [0, 0.1) is 6.92 Å². The largest absolute Gasteiger partial charge is 0.508 e. The number of hydrogen-bond acceptors (Lipinski definition) is 3. The van der Waals surface area contributed by atoms with Gasteiger partial charge in [0.25, 0.3) is 0 Å². The summed E-state index contributed by atoms with van der Waals surface area (Å²) in [4.78, 5) is 0. The number of aromatic hydroxyl groups is 1. The second-order valence-corrected chi connectivity index (χ2v) is 4.37. The molecule has 0 aliphatic carbocycles. The molecule has 0 aliphatic rings. The van der Waals surface area contributed by atoms with Crippen LogP contribution in [0.2, 0.25) is 0 Å². The van der Waals surface area contributed by atoms with E-state index in [2.05, 4.69) is 10.3 Å². The van der Waals surface area contributed by atoms with Crippen LogP contribution in [-0.4, -0.2) is 20.1 Å². The number of hydrogen-bond donors (Lipinski definition) is 1. The van der Waals surface area contributed by atoms with Gasteiger partial charge in [0.2, 0.25) is 0 Å². The molecule has 0 radical (unpaired) electrons. The Hall–Kier alpha value is -2.62. The summed E-state index contributed by atoms with van der Waals surface area (Å²) in [6.07, 6.45) is 1.72. The van der Waals surface area contributed by atoms with Crippen LogP contribution >= 0.6 is 0 Å². The monoisotopic (exact) mass is 251 g/mol. The summed E-state index contributed by atoms with van der Waals surface area (Å²) in [5, 5.41) is 17.7. The van der Waals surface area contributed by atoms with E-state index in [0.717, 1.165) is 22.5 Å². The van der Waals surface area contributed by atoms with Crippen molar-refractivity contribution in [2.24, 2.45) is 0 Å². The maximum absolute atomic E-state index is 9.59. The fourth-order valence-electron chi connectivity index (χ4n) is 2.01. The molecule has 1 heterocycles. The molecule has 0 atom stereocenters. The smallest absolute Gasteiger partial charge is 0.118 e. The highest BCUT2D eigenvalue weighted by atomic mass is 16.3. The molecule has 0 amide bonds. The molecular formula is C15H13N3O. The van der Waals surface area contributed by atoms with Gasteiger partial charge in [-0.2, -0.15) is 0 Å². The number of phenolic OH excluding ortho intramolecular Hbond substituents is 1. The highest BCUT2D eigenvalue weighted by molar-refractivity contribution is 5.63. The van der Waals surface area contributed by atoms with Crippen molar-refractivity contribution in [3.05, 3.63) is 60.3 Å². The Morgan fingerprint density at radius 1 is 1.05 bits per heavy atom. The van der Waals surface area contributed by atoms with Gasteiger partial charge in [-0.15, -0.1) is 5.10 Å². The Balaban J connectivity index is 2.12. The Bertz CT molecular complexity index is 704. The first kappa shape index (κ1) is 11.5. The fraction of sp³-hybridized carbons (Fsp3) is 0.0667. The van der Waals surface area contributed by atoms with E-state index in [1.54, 1.807) is 16.9 Å². The predicted octanol–water partition coefficient (Wildman–Crippen LogP) is 2.95. The minimum atomic E-state index is 0.294. The van der Waals surface area contributed by atoms with Crippen molar-refractivity contribution in [1.29, 1.82) is 0 Å². The van der Waals surface area contributed by atoms with Crippen molar-refractivity contribution in [1.82, 2.24) is 15.0 Å². The van der Waals surface area contributed by atoms with E-state index in [9.17, 15) is 5.11 Å². The van der Waals surface area contributed by atoms with E-state index >= 15 is 0 Å². The van der Waals surface area contributed by atoms with Gasteiger partial charge >= 0.3 is 0 Å². The lowest BCUT2D eigenvalue weighted by Gasteiger charge is -2.07. The van der Waals surface area contributed by atoms with E-state index < -0.39 is 0 Å². The molecule has 0 saturated heterocycles. The molecule has 19 heavy (non-hydrogen) atoms. The average molecular weight is 251 g/mol. The first-order valence-corrected chi connectivity index (χ1v) is 6.02. The molecule has 1 N–H and O–H groups in total. The maximum atomic E-state index is 9.59. The first-order chi connectivity index (χ1) is 9.25. The summed E-state index contributed by atoms with van der Waals surface area (Å²) in [6, 6.07) is 15.3. The number of phenols is 1. The second kappa shape index (κ2) is 4.57. The molecule has 4 heteroatoms. The lowest BCUT2D eigenvalue weighted by atomic mass is 10.1. The van der Waals surface area contributed by atoms with Crippen LogP contribution in [-0.2, 0) is 0 Å². The summed E-state index contributed by atoms with van der Waals surface area (Å²) in [6.45, 7) is 1.87. The van der Waals surface area contributed by atoms with Crippen LogP contribution in [0.3, 0.4) is 0 Å². The summed E-state index contributed by atoms with van der Waals surface area (Å²) in [7, 11) is 0. The third-order valence-corrected chi connectivity index (χ3v) is 3.04. The fourth-order valence-corrected chi connectivity index (χ4v) is 2.01. The van der Waals surface area contributed by atoms with E-state index in [0.29, 0.717) is 5.75 Å². The topological polar surface area (TPSA) is 50.9 Å². The van der Waals surface area contributed by atoms with Crippen LogP contribution < -0.4 is 0 Å². The highest BCUT2D eigenvalue weighted by Crippen LogP contribution is 2.26. The molecule has 0 spiro atoms. The van der Waals surface area contributed by atoms with Crippen molar-refractivity contribution in [3.8, 4) is 22.7 Å². The summed E-state index contributed by atoms with van der Waals surface area (Å²) < 4.78 is 1.78. The second-order valence-electron chi connectivity index (χ2n) is 4.37. The molecule has 0 unspecified atom stereocenters. The third-order valence-electron chi connectivity index (χ3n) is 3.04. The van der Waals surface area contributed by atoms with Crippen molar-refractivity contribution >= 4 is 0 Å². The van der Waals surface area contributed by atoms with Gasteiger partial charge in [0, 0.05) is 5.56 Å². The van der Waals surface area contributed by atoms with Gasteiger partial charge in [-0.25, -0.2) is 4.68 Å². The van der Waals surface area contributed by atoms with Gasteiger partial charge in [0.05, 0.1) is 17.6 Å². The first-order valence-electron chi connectivity index (χ1n) is 6.02. The number of rotatable bonds is 2. The standard InChI is InChI=1S/C15H13N3O/c1-11-9-12(7-8-15(11)19)14-10-16-17-18(14)13-5-3-2-4-6-13/h2-10,19H,1H3. The molecule has 2 aromatic carbocycles. The van der Waals surface area contributed by atoms with Crippen LogP contribution in [0.1, 0.15) is 5.56 Å². The molecule has 0 bridgehead atoms. The van der Waals surface area contributed by atoms with Crippen molar-refractivity contribution in [3.63, 3.8) is 0 Å². The van der Waals surface area contributed by atoms with Crippen LogP contribution in [0.4, 0.5) is 0 Å². The van der Waals surface area contributed by atoms with E-state index in [4.69, 9.17) is 0 Å². The van der Waals surface area contributed by atoms with Crippen LogP contribution in [0.5, 0.6) is 5.75 Å². The van der Waals surface area contributed by atoms with Crippen molar-refractivity contribution < 1.29 is 5.11 Å². The normalized spacial score (nSPS) is 10.6. The lowest BCUT2D eigenvalue weighted by molar-refractivity contribution is 0.471. The molecule has 4 nitrogen and oxygen atoms in total. The number of aryl methyl sites for hydroxylation is 1. The SMILES string of the molecule is Cc1cc(-c2cnnn2-c2ccccc2)ccc1O. The molecule has 0 aliphatic heterocycles. The van der Waals surface area contributed by atoms with Crippen LogP contribution in [0.15, 0.2) is 54.7 Å². The van der Waals surface area contributed by atoms with Crippen molar-refractivity contribution in [2.75, 3.05) is 0 Å². The molecule has 1 aromatic heterocycles. The van der Waals surface area contributed by atoms with Crippen LogP contribution in [0.25, 0.3) is 16.9 Å². The highest BCUT2D eigenvalue weighted by Gasteiger charge is 2.09. The minimum Gasteiger partial charge on any atom is -0.508 e.